The van der Waals surface area contributed by atoms with Gasteiger partial charge < -0.3 is 4.90 Å². The average Bonchev–Trinajstić information content (AvgIpc) is 2.92. The quantitative estimate of drug-likeness (QED) is 0.723. The van der Waals surface area contributed by atoms with Crippen LogP contribution in [0.5, 0.6) is 0 Å². The van der Waals surface area contributed by atoms with Crippen LogP contribution in [0.2, 0.25) is 0 Å². The molecule has 0 N–H and O–H groups in total. The van der Waals surface area contributed by atoms with Gasteiger partial charge in [0, 0.05) is 69.9 Å². The molecule has 6 heteroatoms. The monoisotopic (exact) mass is 427 g/mol. The van der Waals surface area contributed by atoms with Crippen molar-refractivity contribution in [2.24, 2.45) is 0 Å². The molecule has 0 unspecified atom stereocenters. The fourth-order valence-electron chi connectivity index (χ4n) is 4.77. The van der Waals surface area contributed by atoms with Gasteiger partial charge in [-0.1, -0.05) is 35.9 Å². The summed E-state index contributed by atoms with van der Waals surface area (Å²) in [6.07, 6.45) is 2.22. The lowest BCUT2D eigenvalue weighted by atomic mass is 10.1. The minimum Gasteiger partial charge on any atom is -0.338 e. The summed E-state index contributed by atoms with van der Waals surface area (Å²) in [5.41, 5.74) is 3.03. The van der Waals surface area contributed by atoms with Crippen LogP contribution in [0.25, 0.3) is 0 Å². The van der Waals surface area contributed by atoms with E-state index in [1.165, 1.54) is 23.3 Å². The number of rotatable bonds is 5. The fraction of sp³-hybridized carbons (Fsp3) is 0.480. The molecular weight excluding hydrogens is 396 g/mol. The van der Waals surface area contributed by atoms with Crippen molar-refractivity contribution >= 4 is 5.91 Å². The first kappa shape index (κ1) is 21.9. The first-order valence-electron chi connectivity index (χ1n) is 11.2. The van der Waals surface area contributed by atoms with Crippen molar-refractivity contribution in [3.8, 4) is 0 Å². The number of likely N-dealkylation sites (tertiary alicyclic amines) is 1. The Labute approximate surface area is 183 Å². The van der Waals surface area contributed by atoms with Crippen molar-refractivity contribution in [2.45, 2.75) is 45.3 Å². The van der Waals surface area contributed by atoms with E-state index in [1.807, 2.05) is 0 Å². The summed E-state index contributed by atoms with van der Waals surface area (Å²) in [4.78, 5) is 19.3. The van der Waals surface area contributed by atoms with Crippen LogP contribution in [0.3, 0.4) is 0 Å². The molecule has 2 heterocycles. The van der Waals surface area contributed by atoms with Gasteiger partial charge in [-0.15, -0.1) is 0 Å². The van der Waals surface area contributed by atoms with Crippen LogP contribution in [0.1, 0.15) is 36.0 Å². The Morgan fingerprint density at radius 3 is 2.48 bits per heavy atom. The number of hydrogen-bond donors (Lipinski definition) is 0. The maximum Gasteiger partial charge on any atom is 0.222 e. The Bertz CT molecular complexity index is 911. The predicted molar refractivity (Wildman–Crippen MR) is 117 cm³/mol. The number of carbonyl (C=O) groups is 1. The summed E-state index contributed by atoms with van der Waals surface area (Å²) in [7, 11) is 0. The SMILES string of the molecule is Cc1cccc(CN2CCN([C@H]3CCC(=O)N(Cc4ccc(F)cc4F)CC3)CC2)c1. The number of piperazine rings is 1. The van der Waals surface area contributed by atoms with E-state index < -0.39 is 11.6 Å². The molecule has 2 fully saturated rings. The predicted octanol–water partition coefficient (Wildman–Crippen LogP) is 3.97. The molecular formula is C25H31F2N3O. The third-order valence-electron chi connectivity index (χ3n) is 6.56. The highest BCUT2D eigenvalue weighted by molar-refractivity contribution is 5.76. The average molecular weight is 428 g/mol. The molecule has 0 aliphatic carbocycles. The van der Waals surface area contributed by atoms with Crippen molar-refractivity contribution in [3.05, 3.63) is 70.8 Å². The molecule has 2 aliphatic rings. The Morgan fingerprint density at radius 2 is 1.74 bits per heavy atom. The Hall–Kier alpha value is -2.31. The molecule has 1 atom stereocenters. The zero-order valence-corrected chi connectivity index (χ0v) is 18.2. The molecule has 2 saturated heterocycles. The fourth-order valence-corrected chi connectivity index (χ4v) is 4.77. The number of nitrogens with zero attached hydrogens (tertiary/aromatic N) is 3. The molecule has 2 aromatic carbocycles. The maximum atomic E-state index is 14.0. The molecule has 0 aromatic heterocycles. The van der Waals surface area contributed by atoms with Gasteiger partial charge in [0.25, 0.3) is 0 Å². The van der Waals surface area contributed by atoms with Crippen molar-refractivity contribution in [1.82, 2.24) is 14.7 Å². The van der Waals surface area contributed by atoms with E-state index >= 15 is 0 Å². The van der Waals surface area contributed by atoms with Gasteiger partial charge >= 0.3 is 0 Å². The van der Waals surface area contributed by atoms with Gasteiger partial charge in [-0.25, -0.2) is 8.78 Å². The van der Waals surface area contributed by atoms with Gasteiger partial charge in [0.05, 0.1) is 0 Å². The van der Waals surface area contributed by atoms with Crippen molar-refractivity contribution in [3.63, 3.8) is 0 Å². The molecule has 0 saturated carbocycles. The van der Waals surface area contributed by atoms with Gasteiger partial charge in [0.15, 0.2) is 0 Å². The zero-order valence-electron chi connectivity index (χ0n) is 18.2. The molecule has 0 spiro atoms. The summed E-state index contributed by atoms with van der Waals surface area (Å²) < 4.78 is 27.2. The van der Waals surface area contributed by atoms with Crippen molar-refractivity contribution in [2.75, 3.05) is 32.7 Å². The third kappa shape index (κ3) is 5.69. The van der Waals surface area contributed by atoms with Gasteiger partial charge in [0.1, 0.15) is 11.6 Å². The van der Waals surface area contributed by atoms with Crippen LogP contribution in [0.4, 0.5) is 8.78 Å². The van der Waals surface area contributed by atoms with Crippen LogP contribution in [0.15, 0.2) is 42.5 Å². The first-order valence-corrected chi connectivity index (χ1v) is 11.2. The summed E-state index contributed by atoms with van der Waals surface area (Å²) in [5.74, 6) is -1.12. The Balaban J connectivity index is 1.29. The van der Waals surface area contributed by atoms with Gasteiger partial charge in [-0.3, -0.25) is 14.6 Å². The van der Waals surface area contributed by atoms with Crippen LogP contribution in [-0.2, 0) is 17.9 Å². The topological polar surface area (TPSA) is 26.8 Å². The lowest BCUT2D eigenvalue weighted by Crippen LogP contribution is -2.50. The third-order valence-corrected chi connectivity index (χ3v) is 6.56. The molecule has 31 heavy (non-hydrogen) atoms. The molecule has 4 rings (SSSR count). The largest absolute Gasteiger partial charge is 0.338 e. The number of amides is 1. The normalized spacial score (nSPS) is 21.3. The number of halogens is 2. The van der Waals surface area contributed by atoms with Crippen LogP contribution >= 0.6 is 0 Å². The van der Waals surface area contributed by atoms with E-state index in [2.05, 4.69) is 41.0 Å². The summed E-state index contributed by atoms with van der Waals surface area (Å²) >= 11 is 0. The highest BCUT2D eigenvalue weighted by Gasteiger charge is 2.29. The van der Waals surface area contributed by atoms with E-state index in [-0.39, 0.29) is 12.5 Å². The number of benzene rings is 2. The lowest BCUT2D eigenvalue weighted by Gasteiger charge is -2.39. The second-order valence-electron chi connectivity index (χ2n) is 8.83. The number of aryl methyl sites for hydroxylation is 1. The Morgan fingerprint density at radius 1 is 0.935 bits per heavy atom. The zero-order chi connectivity index (χ0) is 21.8. The van der Waals surface area contributed by atoms with Gasteiger partial charge in [-0.05, 0) is 31.4 Å². The molecule has 2 aliphatic heterocycles. The van der Waals surface area contributed by atoms with Gasteiger partial charge in [0.2, 0.25) is 5.91 Å². The number of hydrogen-bond acceptors (Lipinski definition) is 3. The first-order chi connectivity index (χ1) is 15.0. The highest BCUT2D eigenvalue weighted by atomic mass is 19.1. The van der Waals surface area contributed by atoms with Crippen LogP contribution < -0.4 is 0 Å². The number of carbonyl (C=O) groups excluding carboxylic acids is 1. The molecule has 4 nitrogen and oxygen atoms in total. The van der Waals surface area contributed by atoms with E-state index in [1.54, 1.807) is 4.90 Å². The minimum absolute atomic E-state index is 0.0595. The Kier molecular flexibility index (Phi) is 6.98. The van der Waals surface area contributed by atoms with Crippen molar-refractivity contribution < 1.29 is 13.6 Å². The van der Waals surface area contributed by atoms with Gasteiger partial charge in [-0.2, -0.15) is 0 Å². The molecule has 166 valence electrons. The van der Waals surface area contributed by atoms with E-state index in [9.17, 15) is 13.6 Å². The van der Waals surface area contributed by atoms with E-state index in [0.29, 0.717) is 24.6 Å². The van der Waals surface area contributed by atoms with Crippen LogP contribution in [-0.4, -0.2) is 59.4 Å². The van der Waals surface area contributed by atoms with E-state index in [0.717, 1.165) is 51.6 Å². The van der Waals surface area contributed by atoms with E-state index in [4.69, 9.17) is 0 Å². The maximum absolute atomic E-state index is 14.0. The standard InChI is InChI=1S/C25H31F2N3O/c1-19-3-2-4-20(15-19)17-28-11-13-29(14-12-28)23-7-8-25(31)30(10-9-23)18-21-5-6-22(26)16-24(21)27/h2-6,15-16,23H,7-14,17-18H2,1H3/t23-/m0/s1. The minimum atomic E-state index is -0.593. The summed E-state index contributed by atoms with van der Waals surface area (Å²) in [6, 6.07) is 12.6. The highest BCUT2D eigenvalue weighted by Crippen LogP contribution is 2.22. The molecule has 0 bridgehead atoms. The van der Waals surface area contributed by atoms with Crippen molar-refractivity contribution in [1.29, 1.82) is 0 Å². The molecule has 0 radical (unpaired) electrons. The second kappa shape index (κ2) is 9.88. The molecule has 2 aromatic rings. The summed E-state index contributed by atoms with van der Waals surface area (Å²) in [6.45, 7) is 8.02. The van der Waals surface area contributed by atoms with Crippen LogP contribution in [0, 0.1) is 18.6 Å². The lowest BCUT2D eigenvalue weighted by molar-refractivity contribution is -0.131. The smallest absolute Gasteiger partial charge is 0.222 e. The summed E-state index contributed by atoms with van der Waals surface area (Å²) in [5, 5.41) is 0. The second-order valence-corrected chi connectivity index (χ2v) is 8.83. The molecule has 1 amide bonds.